The van der Waals surface area contributed by atoms with Crippen LogP contribution in [-0.4, -0.2) is 0 Å². The summed E-state index contributed by atoms with van der Waals surface area (Å²) in [6, 6.07) is 1.35. The van der Waals surface area contributed by atoms with Gasteiger partial charge >= 0.3 is 0 Å². The van der Waals surface area contributed by atoms with Gasteiger partial charge in [0.15, 0.2) is 0 Å². The van der Waals surface area contributed by atoms with Gasteiger partial charge in [-0.25, -0.2) is 0 Å². The second-order valence-electron chi connectivity index (χ2n) is 2.11. The zero-order valence-corrected chi connectivity index (χ0v) is 8.40. The molecule has 2 N–H and O–H groups in total. The Labute approximate surface area is 88.8 Å². The molecule has 68 valence electrons. The Hall–Kier alpha value is -0.800. The molecule has 0 saturated heterocycles. The van der Waals surface area contributed by atoms with Crippen molar-refractivity contribution < 1.29 is 0 Å². The number of nitrogen functional groups attached to an aromatic ring is 1. The van der Waals surface area contributed by atoms with Gasteiger partial charge in [-0.05, 0) is 11.6 Å². The van der Waals surface area contributed by atoms with Gasteiger partial charge in [0.2, 0.25) is 0 Å². The Balaban J connectivity index is 3.49. The molecular weight excluding hydrogens is 234 g/mol. The van der Waals surface area contributed by atoms with E-state index in [2.05, 4.69) is 10.0 Å². The number of halogens is 3. The highest BCUT2D eigenvalue weighted by molar-refractivity contribution is 6.49. The normalized spacial score (nSPS) is 9.46. The van der Waals surface area contributed by atoms with Crippen LogP contribution in [-0.2, 0) is 0 Å². The SMILES string of the molecule is [N-]=[N+]=Nc1cc(Cl)c(Cl)c(Cl)c1N. The molecule has 0 atom stereocenters. The van der Waals surface area contributed by atoms with Gasteiger partial charge in [-0.1, -0.05) is 39.9 Å². The van der Waals surface area contributed by atoms with E-state index in [9.17, 15) is 0 Å². The number of azide groups is 1. The van der Waals surface area contributed by atoms with Crippen molar-refractivity contribution in [2.24, 2.45) is 5.11 Å². The van der Waals surface area contributed by atoms with E-state index in [1.807, 2.05) is 0 Å². The van der Waals surface area contributed by atoms with E-state index in [-0.39, 0.29) is 26.4 Å². The lowest BCUT2D eigenvalue weighted by atomic mass is 10.3. The maximum atomic E-state index is 8.18. The predicted octanol–water partition coefficient (Wildman–Crippen LogP) is 4.17. The molecule has 4 nitrogen and oxygen atoms in total. The summed E-state index contributed by atoms with van der Waals surface area (Å²) in [6.07, 6.45) is 0. The highest BCUT2D eigenvalue weighted by Gasteiger charge is 2.10. The summed E-state index contributed by atoms with van der Waals surface area (Å²) in [6.45, 7) is 0. The maximum Gasteiger partial charge on any atom is 0.0841 e. The molecule has 0 aliphatic carbocycles. The molecule has 0 amide bonds. The van der Waals surface area contributed by atoms with Crippen LogP contribution in [0.5, 0.6) is 0 Å². The molecule has 0 unspecified atom stereocenters. The molecule has 0 heterocycles. The number of anilines is 1. The lowest BCUT2D eigenvalue weighted by Crippen LogP contribution is -1.88. The fourth-order valence-electron chi connectivity index (χ4n) is 0.728. The molecule has 1 aromatic carbocycles. The molecule has 0 radical (unpaired) electrons. The van der Waals surface area contributed by atoms with Crippen LogP contribution in [0.2, 0.25) is 15.1 Å². The van der Waals surface area contributed by atoms with Crippen molar-refractivity contribution >= 4 is 46.2 Å². The maximum absolute atomic E-state index is 8.18. The fraction of sp³-hybridized carbons (Fsp3) is 0. The van der Waals surface area contributed by atoms with Gasteiger partial charge in [-0.2, -0.15) is 0 Å². The Morgan fingerprint density at radius 3 is 2.46 bits per heavy atom. The summed E-state index contributed by atoms with van der Waals surface area (Å²) in [7, 11) is 0. The molecule has 0 aliphatic heterocycles. The first-order valence-electron chi connectivity index (χ1n) is 3.06. The summed E-state index contributed by atoms with van der Waals surface area (Å²) < 4.78 is 0. The van der Waals surface area contributed by atoms with Gasteiger partial charge < -0.3 is 5.73 Å². The monoisotopic (exact) mass is 236 g/mol. The highest BCUT2D eigenvalue weighted by atomic mass is 35.5. The number of benzene rings is 1. The summed E-state index contributed by atoms with van der Waals surface area (Å²) in [5, 5.41) is 3.74. The standard InChI is InChI=1S/C6H3Cl3N4/c7-2-1-3(12-13-11)6(10)5(9)4(2)8/h1H,10H2. The molecule has 0 saturated carbocycles. The number of rotatable bonds is 1. The Morgan fingerprint density at radius 2 is 1.92 bits per heavy atom. The van der Waals surface area contributed by atoms with E-state index in [4.69, 9.17) is 46.1 Å². The first-order valence-corrected chi connectivity index (χ1v) is 4.19. The third-order valence-electron chi connectivity index (χ3n) is 1.33. The van der Waals surface area contributed by atoms with Crippen LogP contribution < -0.4 is 5.73 Å². The number of nitrogens with two attached hydrogens (primary N) is 1. The quantitative estimate of drug-likeness (QED) is 0.257. The van der Waals surface area contributed by atoms with Crippen molar-refractivity contribution in [2.75, 3.05) is 5.73 Å². The van der Waals surface area contributed by atoms with E-state index in [0.717, 1.165) is 0 Å². The second kappa shape index (κ2) is 3.94. The van der Waals surface area contributed by atoms with Crippen molar-refractivity contribution in [1.29, 1.82) is 0 Å². The summed E-state index contributed by atoms with van der Waals surface area (Å²) >= 11 is 17.0. The van der Waals surface area contributed by atoms with E-state index in [0.29, 0.717) is 0 Å². The lowest BCUT2D eigenvalue weighted by Gasteiger charge is -2.05. The number of hydrogen-bond acceptors (Lipinski definition) is 2. The van der Waals surface area contributed by atoms with Crippen molar-refractivity contribution in [3.63, 3.8) is 0 Å². The lowest BCUT2D eigenvalue weighted by molar-refractivity contribution is 1.48. The topological polar surface area (TPSA) is 74.8 Å². The first kappa shape index (κ1) is 10.3. The molecule has 0 bridgehead atoms. The molecule has 1 aromatic rings. The van der Waals surface area contributed by atoms with Crippen LogP contribution in [0.1, 0.15) is 0 Å². The summed E-state index contributed by atoms with van der Waals surface area (Å²) in [4.78, 5) is 2.56. The smallest absolute Gasteiger partial charge is 0.0841 e. The van der Waals surface area contributed by atoms with Crippen molar-refractivity contribution in [3.05, 3.63) is 31.6 Å². The molecule has 1 rings (SSSR count). The third-order valence-corrected chi connectivity index (χ3v) is 2.61. The van der Waals surface area contributed by atoms with Crippen molar-refractivity contribution in [2.45, 2.75) is 0 Å². The second-order valence-corrected chi connectivity index (χ2v) is 3.27. The molecule has 0 spiro atoms. The zero-order valence-electron chi connectivity index (χ0n) is 6.13. The molecular formula is C6H3Cl3N4. The predicted molar refractivity (Wildman–Crippen MR) is 54.7 cm³/mol. The average Bonchev–Trinajstić information content (AvgIpc) is 2.11. The summed E-state index contributed by atoms with van der Waals surface area (Å²) in [5.41, 5.74) is 14.0. The highest BCUT2D eigenvalue weighted by Crippen LogP contribution is 2.40. The Morgan fingerprint density at radius 1 is 1.31 bits per heavy atom. The molecule has 7 heteroatoms. The molecule has 0 aliphatic rings. The van der Waals surface area contributed by atoms with E-state index in [1.54, 1.807) is 0 Å². The Kier molecular flexibility index (Phi) is 3.12. The molecule has 13 heavy (non-hydrogen) atoms. The van der Waals surface area contributed by atoms with Crippen LogP contribution >= 0.6 is 34.8 Å². The van der Waals surface area contributed by atoms with E-state index < -0.39 is 0 Å². The van der Waals surface area contributed by atoms with Crippen LogP contribution in [0.3, 0.4) is 0 Å². The minimum atomic E-state index is 0.0940. The van der Waals surface area contributed by atoms with Gasteiger partial charge in [-0.15, -0.1) is 0 Å². The van der Waals surface area contributed by atoms with E-state index in [1.165, 1.54) is 6.07 Å². The van der Waals surface area contributed by atoms with Gasteiger partial charge in [0, 0.05) is 4.91 Å². The minimum Gasteiger partial charge on any atom is -0.397 e. The average molecular weight is 237 g/mol. The van der Waals surface area contributed by atoms with Gasteiger partial charge in [0.1, 0.15) is 0 Å². The van der Waals surface area contributed by atoms with E-state index >= 15 is 0 Å². The van der Waals surface area contributed by atoms with Gasteiger partial charge in [0.25, 0.3) is 0 Å². The summed E-state index contributed by atoms with van der Waals surface area (Å²) in [5.74, 6) is 0. The van der Waals surface area contributed by atoms with Gasteiger partial charge in [-0.3, -0.25) is 0 Å². The molecule has 0 fully saturated rings. The van der Waals surface area contributed by atoms with Gasteiger partial charge in [0.05, 0.1) is 26.4 Å². The van der Waals surface area contributed by atoms with Crippen LogP contribution in [0.15, 0.2) is 11.2 Å². The van der Waals surface area contributed by atoms with Crippen LogP contribution in [0.25, 0.3) is 10.4 Å². The van der Waals surface area contributed by atoms with Crippen LogP contribution in [0.4, 0.5) is 11.4 Å². The third kappa shape index (κ3) is 1.92. The number of hydrogen-bond donors (Lipinski definition) is 1. The van der Waals surface area contributed by atoms with Crippen molar-refractivity contribution in [3.8, 4) is 0 Å². The van der Waals surface area contributed by atoms with Crippen LogP contribution in [0, 0.1) is 0 Å². The largest absolute Gasteiger partial charge is 0.397 e. The Bertz CT molecular complexity index is 397. The van der Waals surface area contributed by atoms with Crippen molar-refractivity contribution in [1.82, 2.24) is 0 Å². The zero-order chi connectivity index (χ0) is 10.0. The molecule has 0 aromatic heterocycles. The number of nitrogens with zero attached hydrogens (tertiary/aromatic N) is 3. The first-order chi connectivity index (χ1) is 6.07. The fourth-order valence-corrected chi connectivity index (χ4v) is 1.33. The minimum absolute atomic E-state index is 0.0940.